The zero-order chi connectivity index (χ0) is 18.5. The van der Waals surface area contributed by atoms with E-state index in [2.05, 4.69) is 9.55 Å². The molecule has 0 unspecified atom stereocenters. The van der Waals surface area contributed by atoms with Gasteiger partial charge in [0.1, 0.15) is 5.82 Å². The zero-order valence-corrected chi connectivity index (χ0v) is 15.9. The predicted molar refractivity (Wildman–Crippen MR) is 103 cm³/mol. The molecule has 0 spiro atoms. The highest BCUT2D eigenvalue weighted by atomic mass is 16.5. The van der Waals surface area contributed by atoms with Crippen LogP contribution in [0.15, 0.2) is 36.7 Å². The second-order valence-electron chi connectivity index (χ2n) is 6.98. The molecule has 2 aromatic rings. The number of carbonyl (C=O) groups excluding carboxylic acids is 1. The van der Waals surface area contributed by atoms with Crippen molar-refractivity contribution in [3.8, 4) is 0 Å². The van der Waals surface area contributed by atoms with Crippen LogP contribution in [0.5, 0.6) is 0 Å². The monoisotopic (exact) mass is 356 g/mol. The number of rotatable bonds is 6. The Balaban J connectivity index is 1.59. The van der Waals surface area contributed by atoms with Crippen molar-refractivity contribution in [1.29, 1.82) is 0 Å². The Morgan fingerprint density at radius 3 is 2.54 bits per heavy atom. The van der Waals surface area contributed by atoms with Crippen LogP contribution in [0.1, 0.15) is 34.9 Å². The molecule has 0 saturated carbocycles. The number of piperidine rings is 1. The molecule has 1 aliphatic heterocycles. The van der Waals surface area contributed by atoms with Gasteiger partial charge in [0.25, 0.3) is 5.91 Å². The maximum atomic E-state index is 12.8. The molecule has 1 aromatic heterocycles. The van der Waals surface area contributed by atoms with Gasteiger partial charge in [-0.25, -0.2) is 4.98 Å². The van der Waals surface area contributed by atoms with Crippen molar-refractivity contribution in [3.05, 3.63) is 48.0 Å². The third-order valence-corrected chi connectivity index (χ3v) is 5.06. The summed E-state index contributed by atoms with van der Waals surface area (Å²) in [5.74, 6) is 1.64. The van der Waals surface area contributed by atoms with Gasteiger partial charge in [-0.05, 0) is 37.1 Å². The van der Waals surface area contributed by atoms with Crippen LogP contribution < -0.4 is 4.90 Å². The standard InChI is InChI=1S/C20H28N4O2/c1-22(2)18-6-4-17(5-7-18)20(25)24-11-8-16(9-12-24)19-21-10-13-23(19)14-15-26-3/h4-7,10,13,16H,8-9,11-12,14-15H2,1-3H3. The van der Waals surface area contributed by atoms with Gasteiger partial charge in [-0.15, -0.1) is 0 Å². The number of methoxy groups -OCH3 is 1. The van der Waals surface area contributed by atoms with E-state index in [4.69, 9.17) is 4.74 Å². The van der Waals surface area contributed by atoms with Crippen molar-refractivity contribution < 1.29 is 9.53 Å². The molecule has 0 N–H and O–H groups in total. The van der Waals surface area contributed by atoms with Gasteiger partial charge in [-0.2, -0.15) is 0 Å². The maximum absolute atomic E-state index is 12.8. The van der Waals surface area contributed by atoms with Crippen LogP contribution in [0.4, 0.5) is 5.69 Å². The number of anilines is 1. The minimum atomic E-state index is 0.122. The molecule has 3 rings (SSSR count). The summed E-state index contributed by atoms with van der Waals surface area (Å²) in [6.07, 6.45) is 5.77. The number of amides is 1. The maximum Gasteiger partial charge on any atom is 0.253 e. The van der Waals surface area contributed by atoms with E-state index in [1.54, 1.807) is 7.11 Å². The van der Waals surface area contributed by atoms with Gasteiger partial charge in [0.05, 0.1) is 6.61 Å². The zero-order valence-electron chi connectivity index (χ0n) is 15.9. The molecule has 0 atom stereocenters. The highest BCUT2D eigenvalue weighted by Crippen LogP contribution is 2.28. The summed E-state index contributed by atoms with van der Waals surface area (Å²) in [7, 11) is 5.71. The van der Waals surface area contributed by atoms with Crippen LogP contribution in [0.25, 0.3) is 0 Å². The molecule has 1 fully saturated rings. The van der Waals surface area contributed by atoms with Crippen molar-refractivity contribution >= 4 is 11.6 Å². The Morgan fingerprint density at radius 1 is 1.23 bits per heavy atom. The lowest BCUT2D eigenvalue weighted by molar-refractivity contribution is 0.0710. The van der Waals surface area contributed by atoms with Crippen LogP contribution in [0.2, 0.25) is 0 Å². The van der Waals surface area contributed by atoms with Gasteiger partial charge in [0.15, 0.2) is 0 Å². The average Bonchev–Trinajstić information content (AvgIpc) is 3.14. The topological polar surface area (TPSA) is 50.6 Å². The summed E-state index contributed by atoms with van der Waals surface area (Å²) in [5.41, 5.74) is 1.86. The summed E-state index contributed by atoms with van der Waals surface area (Å²) in [6.45, 7) is 3.05. The van der Waals surface area contributed by atoms with E-state index in [9.17, 15) is 4.79 Å². The first-order chi connectivity index (χ1) is 12.6. The summed E-state index contributed by atoms with van der Waals surface area (Å²) < 4.78 is 7.35. The van der Waals surface area contributed by atoms with Crippen LogP contribution in [0, 0.1) is 0 Å². The van der Waals surface area contributed by atoms with E-state index >= 15 is 0 Å². The van der Waals surface area contributed by atoms with E-state index in [0.29, 0.717) is 12.5 Å². The van der Waals surface area contributed by atoms with Gasteiger partial charge in [-0.3, -0.25) is 4.79 Å². The lowest BCUT2D eigenvalue weighted by Crippen LogP contribution is -2.38. The SMILES string of the molecule is COCCn1ccnc1C1CCN(C(=O)c2ccc(N(C)C)cc2)CC1. The summed E-state index contributed by atoms with van der Waals surface area (Å²) in [4.78, 5) is 21.3. The Morgan fingerprint density at radius 2 is 1.92 bits per heavy atom. The van der Waals surface area contributed by atoms with Crippen molar-refractivity contribution in [1.82, 2.24) is 14.5 Å². The molecule has 0 radical (unpaired) electrons. The molecule has 2 heterocycles. The van der Waals surface area contributed by atoms with E-state index in [-0.39, 0.29) is 5.91 Å². The Kier molecular flexibility index (Phi) is 5.93. The molecule has 6 heteroatoms. The molecule has 26 heavy (non-hydrogen) atoms. The first kappa shape index (κ1) is 18.5. The minimum Gasteiger partial charge on any atom is -0.383 e. The normalized spacial score (nSPS) is 15.3. The Bertz CT molecular complexity index is 716. The number of likely N-dealkylation sites (tertiary alicyclic amines) is 1. The van der Waals surface area contributed by atoms with E-state index in [1.807, 2.05) is 60.6 Å². The number of hydrogen-bond donors (Lipinski definition) is 0. The lowest BCUT2D eigenvalue weighted by atomic mass is 9.95. The average molecular weight is 356 g/mol. The fourth-order valence-corrected chi connectivity index (χ4v) is 3.48. The highest BCUT2D eigenvalue weighted by molar-refractivity contribution is 5.94. The highest BCUT2D eigenvalue weighted by Gasteiger charge is 2.26. The summed E-state index contributed by atoms with van der Waals surface area (Å²) in [6, 6.07) is 7.82. The van der Waals surface area contributed by atoms with E-state index in [1.165, 1.54) is 0 Å². The quantitative estimate of drug-likeness (QED) is 0.798. The van der Waals surface area contributed by atoms with Gasteiger partial charge in [-0.1, -0.05) is 0 Å². The first-order valence-electron chi connectivity index (χ1n) is 9.16. The van der Waals surface area contributed by atoms with Gasteiger partial charge >= 0.3 is 0 Å². The Labute approximate surface area is 155 Å². The second-order valence-corrected chi connectivity index (χ2v) is 6.98. The first-order valence-corrected chi connectivity index (χ1v) is 9.16. The fraction of sp³-hybridized carbons (Fsp3) is 0.500. The van der Waals surface area contributed by atoms with E-state index < -0.39 is 0 Å². The van der Waals surface area contributed by atoms with Crippen molar-refractivity contribution in [2.45, 2.75) is 25.3 Å². The molecule has 1 saturated heterocycles. The molecule has 6 nitrogen and oxygen atoms in total. The predicted octanol–water partition coefficient (Wildman–Crippen LogP) is 2.62. The van der Waals surface area contributed by atoms with Crippen LogP contribution >= 0.6 is 0 Å². The van der Waals surface area contributed by atoms with Crippen LogP contribution in [0.3, 0.4) is 0 Å². The van der Waals surface area contributed by atoms with Crippen molar-refractivity contribution in [2.75, 3.05) is 45.8 Å². The second kappa shape index (κ2) is 8.36. The number of imidazole rings is 1. The third kappa shape index (κ3) is 4.07. The van der Waals surface area contributed by atoms with Crippen LogP contribution in [-0.4, -0.2) is 61.3 Å². The number of hydrogen-bond acceptors (Lipinski definition) is 4. The Hall–Kier alpha value is -2.34. The van der Waals surface area contributed by atoms with Gasteiger partial charge < -0.3 is 19.1 Å². The number of benzene rings is 1. The van der Waals surface area contributed by atoms with Crippen molar-refractivity contribution in [3.63, 3.8) is 0 Å². The van der Waals surface area contributed by atoms with Gasteiger partial charge in [0, 0.05) is 70.4 Å². The fourth-order valence-electron chi connectivity index (χ4n) is 3.48. The smallest absolute Gasteiger partial charge is 0.253 e. The molecular weight excluding hydrogens is 328 g/mol. The lowest BCUT2D eigenvalue weighted by Gasteiger charge is -2.32. The number of ether oxygens (including phenoxy) is 1. The van der Waals surface area contributed by atoms with Gasteiger partial charge in [0.2, 0.25) is 0 Å². The van der Waals surface area contributed by atoms with Crippen molar-refractivity contribution in [2.24, 2.45) is 0 Å². The molecule has 1 amide bonds. The molecule has 0 aliphatic carbocycles. The summed E-state index contributed by atoms with van der Waals surface area (Å²) in [5, 5.41) is 0. The molecule has 140 valence electrons. The molecule has 1 aliphatic rings. The minimum absolute atomic E-state index is 0.122. The molecular formula is C20H28N4O2. The van der Waals surface area contributed by atoms with E-state index in [0.717, 1.165) is 49.6 Å². The third-order valence-electron chi connectivity index (χ3n) is 5.06. The number of aromatic nitrogens is 2. The molecule has 1 aromatic carbocycles. The van der Waals surface area contributed by atoms with Crippen LogP contribution in [-0.2, 0) is 11.3 Å². The largest absolute Gasteiger partial charge is 0.383 e. The molecule has 0 bridgehead atoms. The number of carbonyl (C=O) groups is 1. The number of nitrogens with zero attached hydrogens (tertiary/aromatic N) is 4. The summed E-state index contributed by atoms with van der Waals surface area (Å²) >= 11 is 0.